The predicted octanol–water partition coefficient (Wildman–Crippen LogP) is 1.07. The van der Waals surface area contributed by atoms with Crippen LogP contribution in [-0.4, -0.2) is 24.0 Å². The van der Waals surface area contributed by atoms with Crippen LogP contribution in [-0.2, 0) is 4.79 Å². The number of nitrogens with zero attached hydrogens (tertiary/aromatic N) is 1. The fourth-order valence-corrected chi connectivity index (χ4v) is 2.37. The lowest BCUT2D eigenvalue weighted by Crippen LogP contribution is -2.40. The van der Waals surface area contributed by atoms with Crippen LogP contribution in [0.1, 0.15) is 45.4 Å². The molecule has 0 saturated heterocycles. The first kappa shape index (κ1) is 14.8. The van der Waals surface area contributed by atoms with E-state index in [2.05, 4.69) is 5.32 Å². The molecule has 1 aliphatic carbocycles. The fourth-order valence-electron chi connectivity index (χ4n) is 2.37. The summed E-state index contributed by atoms with van der Waals surface area (Å²) in [6, 6.07) is 0. The van der Waals surface area contributed by atoms with Gasteiger partial charge in [-0.25, -0.2) is 5.84 Å². The highest BCUT2D eigenvalue weighted by molar-refractivity contribution is 5.92. The van der Waals surface area contributed by atoms with Crippen LogP contribution in [0.2, 0.25) is 0 Å². The number of carbonyl (C=O) groups excluding carboxylic acids is 1. The lowest BCUT2D eigenvalue weighted by Gasteiger charge is -2.20. The van der Waals surface area contributed by atoms with Crippen LogP contribution in [0.3, 0.4) is 0 Å². The molecule has 0 atom stereocenters. The zero-order valence-electron chi connectivity index (χ0n) is 11.3. The first-order valence-corrected chi connectivity index (χ1v) is 6.91. The summed E-state index contributed by atoms with van der Waals surface area (Å²) >= 11 is 0. The summed E-state index contributed by atoms with van der Waals surface area (Å²) in [5, 5.41) is 4.30. The van der Waals surface area contributed by atoms with Crippen LogP contribution in [0.25, 0.3) is 0 Å². The maximum atomic E-state index is 11.9. The van der Waals surface area contributed by atoms with E-state index in [4.69, 9.17) is 11.6 Å². The van der Waals surface area contributed by atoms with E-state index in [1.165, 1.54) is 49.7 Å². The molecule has 5 N–H and O–H groups in total. The van der Waals surface area contributed by atoms with Crippen molar-refractivity contribution in [1.29, 1.82) is 0 Å². The number of likely N-dealkylation sites (N-methyl/N-ethyl adjacent to an activating group) is 1. The van der Waals surface area contributed by atoms with Crippen molar-refractivity contribution in [2.24, 2.45) is 17.5 Å². The van der Waals surface area contributed by atoms with E-state index in [9.17, 15) is 4.79 Å². The first-order chi connectivity index (χ1) is 8.69. The molecule has 1 rings (SSSR count). The molecular formula is C13H26N4O. The van der Waals surface area contributed by atoms with Gasteiger partial charge in [0.25, 0.3) is 5.91 Å². The van der Waals surface area contributed by atoms with E-state index in [-0.39, 0.29) is 5.91 Å². The number of hydrogen-bond acceptors (Lipinski definition) is 4. The second-order valence-corrected chi connectivity index (χ2v) is 4.91. The molecule has 0 bridgehead atoms. The molecule has 104 valence electrons. The number of hydrogen-bond donors (Lipinski definition) is 3. The maximum absolute atomic E-state index is 11.9. The SMILES string of the molecule is CCN(N)/C(=C\N)C(=O)NCC1CCCCCC1. The number of amides is 1. The van der Waals surface area contributed by atoms with Crippen LogP contribution in [0.5, 0.6) is 0 Å². The molecule has 0 unspecified atom stereocenters. The summed E-state index contributed by atoms with van der Waals surface area (Å²) in [4.78, 5) is 11.9. The largest absolute Gasteiger partial charge is 0.403 e. The summed E-state index contributed by atoms with van der Waals surface area (Å²) in [7, 11) is 0. The molecule has 0 aromatic rings. The van der Waals surface area contributed by atoms with Gasteiger partial charge in [0.15, 0.2) is 0 Å². The summed E-state index contributed by atoms with van der Waals surface area (Å²) in [6.45, 7) is 3.16. The Morgan fingerprint density at radius 3 is 2.44 bits per heavy atom. The Hall–Kier alpha value is -1.23. The van der Waals surface area contributed by atoms with Gasteiger partial charge in [-0.05, 0) is 25.7 Å². The van der Waals surface area contributed by atoms with Gasteiger partial charge in [0.2, 0.25) is 0 Å². The molecular weight excluding hydrogens is 228 g/mol. The Bertz CT molecular complexity index is 283. The quantitative estimate of drug-likeness (QED) is 0.296. The molecule has 1 saturated carbocycles. The topological polar surface area (TPSA) is 84.4 Å². The van der Waals surface area contributed by atoms with Crippen molar-refractivity contribution in [3.8, 4) is 0 Å². The van der Waals surface area contributed by atoms with E-state index < -0.39 is 0 Å². The number of carbonyl (C=O) groups is 1. The van der Waals surface area contributed by atoms with Crippen molar-refractivity contribution in [1.82, 2.24) is 10.3 Å². The second kappa shape index (κ2) is 7.97. The van der Waals surface area contributed by atoms with Crippen molar-refractivity contribution in [3.05, 3.63) is 11.9 Å². The van der Waals surface area contributed by atoms with Gasteiger partial charge < -0.3 is 16.1 Å². The van der Waals surface area contributed by atoms with Crippen LogP contribution in [0.4, 0.5) is 0 Å². The minimum absolute atomic E-state index is 0.175. The monoisotopic (exact) mass is 254 g/mol. The number of nitrogens with two attached hydrogens (primary N) is 2. The van der Waals surface area contributed by atoms with E-state index >= 15 is 0 Å². The van der Waals surface area contributed by atoms with Crippen LogP contribution in [0.15, 0.2) is 11.9 Å². The molecule has 1 aliphatic rings. The highest BCUT2D eigenvalue weighted by atomic mass is 16.2. The molecule has 1 amide bonds. The normalized spacial score (nSPS) is 18.2. The highest BCUT2D eigenvalue weighted by Crippen LogP contribution is 2.22. The minimum Gasteiger partial charge on any atom is -0.403 e. The lowest BCUT2D eigenvalue weighted by molar-refractivity contribution is -0.119. The summed E-state index contributed by atoms with van der Waals surface area (Å²) in [5.74, 6) is 6.11. The van der Waals surface area contributed by atoms with Gasteiger partial charge in [-0.2, -0.15) is 0 Å². The van der Waals surface area contributed by atoms with E-state index in [0.29, 0.717) is 18.2 Å². The van der Waals surface area contributed by atoms with Crippen molar-refractivity contribution in [2.45, 2.75) is 45.4 Å². The zero-order chi connectivity index (χ0) is 13.4. The molecule has 0 aliphatic heterocycles. The molecule has 18 heavy (non-hydrogen) atoms. The van der Waals surface area contributed by atoms with E-state index in [1.54, 1.807) is 0 Å². The van der Waals surface area contributed by atoms with Crippen molar-refractivity contribution in [2.75, 3.05) is 13.1 Å². The molecule has 0 radical (unpaired) electrons. The van der Waals surface area contributed by atoms with Gasteiger partial charge in [-0.1, -0.05) is 25.7 Å². The average Bonchev–Trinajstić information content (AvgIpc) is 2.65. The summed E-state index contributed by atoms with van der Waals surface area (Å²) in [5.41, 5.74) is 5.78. The smallest absolute Gasteiger partial charge is 0.270 e. The third-order valence-corrected chi connectivity index (χ3v) is 3.57. The van der Waals surface area contributed by atoms with E-state index in [1.807, 2.05) is 6.92 Å². The molecule has 5 heteroatoms. The van der Waals surface area contributed by atoms with Gasteiger partial charge in [0.1, 0.15) is 5.70 Å². The molecule has 0 aromatic carbocycles. The number of nitrogens with one attached hydrogen (secondary N) is 1. The van der Waals surface area contributed by atoms with Gasteiger partial charge in [0.05, 0.1) is 0 Å². The van der Waals surface area contributed by atoms with Crippen LogP contribution >= 0.6 is 0 Å². The minimum atomic E-state index is -0.175. The van der Waals surface area contributed by atoms with Crippen molar-refractivity contribution < 1.29 is 4.79 Å². The Kier molecular flexibility index (Phi) is 6.57. The van der Waals surface area contributed by atoms with Crippen LogP contribution in [0, 0.1) is 5.92 Å². The Balaban J connectivity index is 2.39. The molecule has 0 spiro atoms. The standard InChI is InChI=1S/C13H26N4O/c1-2-17(15)12(9-14)13(18)16-10-11-7-5-3-4-6-8-11/h9,11H,2-8,10,14-15H2,1H3,(H,16,18)/b12-9-. The fraction of sp³-hybridized carbons (Fsp3) is 0.769. The highest BCUT2D eigenvalue weighted by Gasteiger charge is 2.16. The van der Waals surface area contributed by atoms with E-state index in [0.717, 1.165) is 6.54 Å². The molecule has 1 fully saturated rings. The van der Waals surface area contributed by atoms with Crippen molar-refractivity contribution >= 4 is 5.91 Å². The number of rotatable bonds is 5. The molecule has 5 nitrogen and oxygen atoms in total. The predicted molar refractivity (Wildman–Crippen MR) is 73.0 cm³/mol. The van der Waals surface area contributed by atoms with Gasteiger partial charge in [0, 0.05) is 19.3 Å². The average molecular weight is 254 g/mol. The Morgan fingerprint density at radius 2 is 1.94 bits per heavy atom. The lowest BCUT2D eigenvalue weighted by atomic mass is 10.0. The molecule has 0 heterocycles. The zero-order valence-corrected chi connectivity index (χ0v) is 11.3. The van der Waals surface area contributed by atoms with Gasteiger partial charge in [-0.3, -0.25) is 4.79 Å². The first-order valence-electron chi connectivity index (χ1n) is 6.91. The van der Waals surface area contributed by atoms with Gasteiger partial charge in [-0.15, -0.1) is 0 Å². The Labute approximate surface area is 110 Å². The van der Waals surface area contributed by atoms with Gasteiger partial charge >= 0.3 is 0 Å². The number of hydrazine groups is 1. The van der Waals surface area contributed by atoms with Crippen molar-refractivity contribution in [3.63, 3.8) is 0 Å². The summed E-state index contributed by atoms with van der Waals surface area (Å²) in [6.07, 6.45) is 8.89. The third kappa shape index (κ3) is 4.56. The summed E-state index contributed by atoms with van der Waals surface area (Å²) < 4.78 is 0. The maximum Gasteiger partial charge on any atom is 0.270 e. The van der Waals surface area contributed by atoms with Crippen LogP contribution < -0.4 is 16.9 Å². The molecule has 0 aromatic heterocycles. The third-order valence-electron chi connectivity index (χ3n) is 3.57. The Morgan fingerprint density at radius 1 is 1.33 bits per heavy atom. The second-order valence-electron chi connectivity index (χ2n) is 4.91.